The van der Waals surface area contributed by atoms with Crippen LogP contribution in [0.4, 0.5) is 17.5 Å². The molecule has 3 heterocycles. The lowest BCUT2D eigenvalue weighted by Crippen LogP contribution is -2.30. The Kier molecular flexibility index (Phi) is 4.46. The van der Waals surface area contributed by atoms with Crippen molar-refractivity contribution in [1.29, 1.82) is 0 Å². The largest absolute Gasteiger partial charge is 0.340 e. The molecular formula is C19H25N7. The number of hydrogen-bond acceptors (Lipinski definition) is 6. The molecule has 0 aliphatic carbocycles. The van der Waals surface area contributed by atoms with Gasteiger partial charge in [0.2, 0.25) is 5.95 Å². The van der Waals surface area contributed by atoms with E-state index in [9.17, 15) is 0 Å². The zero-order valence-corrected chi connectivity index (χ0v) is 15.5. The van der Waals surface area contributed by atoms with Gasteiger partial charge in [0.1, 0.15) is 5.82 Å². The third-order valence-electron chi connectivity index (χ3n) is 5.07. The minimum atomic E-state index is 0.533. The van der Waals surface area contributed by atoms with E-state index < -0.39 is 0 Å². The molecule has 1 unspecified atom stereocenters. The molecule has 1 aliphatic heterocycles. The van der Waals surface area contributed by atoms with E-state index >= 15 is 0 Å². The van der Waals surface area contributed by atoms with E-state index in [1.165, 1.54) is 0 Å². The van der Waals surface area contributed by atoms with Crippen LogP contribution in [0.5, 0.6) is 0 Å². The van der Waals surface area contributed by atoms with Crippen LogP contribution in [0.15, 0.2) is 24.4 Å². The fourth-order valence-corrected chi connectivity index (χ4v) is 3.24. The molecule has 0 bridgehead atoms. The van der Waals surface area contributed by atoms with Crippen LogP contribution in [0.25, 0.3) is 10.9 Å². The number of aryl methyl sites for hydroxylation is 1. The van der Waals surface area contributed by atoms with E-state index in [1.807, 2.05) is 25.3 Å². The lowest BCUT2D eigenvalue weighted by molar-refractivity contribution is 0.566. The van der Waals surface area contributed by atoms with E-state index in [4.69, 9.17) is 9.97 Å². The van der Waals surface area contributed by atoms with Crippen molar-refractivity contribution >= 4 is 28.4 Å². The summed E-state index contributed by atoms with van der Waals surface area (Å²) in [5.74, 6) is 1.66. The first kappa shape index (κ1) is 16.8. The molecule has 3 aromatic rings. The van der Waals surface area contributed by atoms with Gasteiger partial charge in [-0.1, -0.05) is 0 Å². The van der Waals surface area contributed by atoms with Crippen LogP contribution in [0, 0.1) is 13.8 Å². The number of hydrogen-bond donors (Lipinski definition) is 3. The Labute approximate surface area is 153 Å². The molecule has 1 aromatic carbocycles. The maximum atomic E-state index is 4.84. The number of aromatic amines is 1. The van der Waals surface area contributed by atoms with Crippen LogP contribution < -0.4 is 15.5 Å². The van der Waals surface area contributed by atoms with Crippen molar-refractivity contribution in [3.05, 3.63) is 35.7 Å². The van der Waals surface area contributed by atoms with E-state index in [2.05, 4.69) is 45.6 Å². The fraction of sp³-hybridized carbons (Fsp3) is 0.421. The van der Waals surface area contributed by atoms with Gasteiger partial charge in [-0.15, -0.1) is 0 Å². The fourth-order valence-electron chi connectivity index (χ4n) is 3.24. The van der Waals surface area contributed by atoms with Gasteiger partial charge in [-0.05, 0) is 45.4 Å². The van der Waals surface area contributed by atoms with Gasteiger partial charge in [0.05, 0.1) is 11.7 Å². The molecule has 7 heteroatoms. The smallest absolute Gasteiger partial charge is 0.227 e. The van der Waals surface area contributed by atoms with Gasteiger partial charge >= 0.3 is 0 Å². The van der Waals surface area contributed by atoms with E-state index in [0.29, 0.717) is 6.04 Å². The topological polar surface area (TPSA) is 81.8 Å². The van der Waals surface area contributed by atoms with Crippen LogP contribution in [0.2, 0.25) is 0 Å². The minimum absolute atomic E-state index is 0.533. The van der Waals surface area contributed by atoms with Crippen molar-refractivity contribution in [3.8, 4) is 0 Å². The maximum absolute atomic E-state index is 4.84. The molecule has 3 N–H and O–H groups in total. The van der Waals surface area contributed by atoms with Gasteiger partial charge in [-0.3, -0.25) is 5.10 Å². The number of rotatable bonds is 3. The number of nitrogens with zero attached hydrogens (tertiary/aromatic N) is 4. The monoisotopic (exact) mass is 351 g/mol. The predicted molar refractivity (Wildman–Crippen MR) is 105 cm³/mol. The summed E-state index contributed by atoms with van der Waals surface area (Å²) in [6.45, 7) is 9.18. The van der Waals surface area contributed by atoms with Crippen molar-refractivity contribution in [2.24, 2.45) is 0 Å². The highest BCUT2D eigenvalue weighted by atomic mass is 15.3. The highest BCUT2D eigenvalue weighted by Crippen LogP contribution is 2.25. The summed E-state index contributed by atoms with van der Waals surface area (Å²) in [5.41, 5.74) is 4.10. The molecule has 1 fully saturated rings. The number of anilines is 3. The summed E-state index contributed by atoms with van der Waals surface area (Å²) in [4.78, 5) is 11.8. The summed E-state index contributed by atoms with van der Waals surface area (Å²) < 4.78 is 0. The summed E-state index contributed by atoms with van der Waals surface area (Å²) in [5, 5.41) is 15.1. The van der Waals surface area contributed by atoms with Crippen LogP contribution in [-0.4, -0.2) is 45.8 Å². The van der Waals surface area contributed by atoms with Crippen LogP contribution >= 0.6 is 0 Å². The quantitative estimate of drug-likeness (QED) is 0.673. The summed E-state index contributed by atoms with van der Waals surface area (Å²) >= 11 is 0. The average Bonchev–Trinajstić information content (AvgIpc) is 2.98. The predicted octanol–water partition coefficient (Wildman–Crippen LogP) is 2.90. The summed E-state index contributed by atoms with van der Waals surface area (Å²) in [6.07, 6.45) is 2.92. The molecule has 0 radical (unpaired) electrons. The van der Waals surface area contributed by atoms with Crippen molar-refractivity contribution < 1.29 is 0 Å². The zero-order valence-electron chi connectivity index (χ0n) is 15.5. The third kappa shape index (κ3) is 3.35. The Balaban J connectivity index is 1.63. The Morgan fingerprint density at radius 2 is 2.08 bits per heavy atom. The minimum Gasteiger partial charge on any atom is -0.340 e. The lowest BCUT2D eigenvalue weighted by Gasteiger charge is -2.22. The normalized spacial score (nSPS) is 18.1. The van der Waals surface area contributed by atoms with Gasteiger partial charge in [-0.25, -0.2) is 4.98 Å². The highest BCUT2D eigenvalue weighted by Gasteiger charge is 2.18. The van der Waals surface area contributed by atoms with Crippen LogP contribution in [0.3, 0.4) is 0 Å². The highest BCUT2D eigenvalue weighted by molar-refractivity contribution is 5.82. The molecule has 4 rings (SSSR count). The molecule has 0 spiro atoms. The average molecular weight is 351 g/mol. The molecule has 1 atom stereocenters. The van der Waals surface area contributed by atoms with Gasteiger partial charge in [-0.2, -0.15) is 10.1 Å². The van der Waals surface area contributed by atoms with Crippen molar-refractivity contribution in [2.45, 2.75) is 33.2 Å². The molecule has 7 nitrogen and oxygen atoms in total. The van der Waals surface area contributed by atoms with E-state index in [0.717, 1.165) is 65.7 Å². The Bertz CT molecular complexity index is 917. The Morgan fingerprint density at radius 3 is 2.96 bits per heavy atom. The van der Waals surface area contributed by atoms with Crippen molar-refractivity contribution in [3.63, 3.8) is 0 Å². The molecule has 0 amide bonds. The number of nitrogens with one attached hydrogen (secondary N) is 3. The first-order valence-corrected chi connectivity index (χ1v) is 9.14. The standard InChI is InChI=1S/C19H25N7/c1-12-6-8-26(9-7-20-12)19-22-14(3)13(2)18(24-19)23-16-4-5-17-15(10-16)11-21-25-17/h4-5,10-12,20H,6-9H2,1-3H3,(H,21,25)(H,22,23,24). The molecule has 1 saturated heterocycles. The molecule has 136 valence electrons. The van der Waals surface area contributed by atoms with Crippen molar-refractivity contribution in [2.75, 3.05) is 29.9 Å². The van der Waals surface area contributed by atoms with Gasteiger partial charge in [0.25, 0.3) is 0 Å². The second kappa shape index (κ2) is 6.92. The van der Waals surface area contributed by atoms with E-state index in [1.54, 1.807) is 0 Å². The zero-order chi connectivity index (χ0) is 18.1. The van der Waals surface area contributed by atoms with Crippen molar-refractivity contribution in [1.82, 2.24) is 25.5 Å². The van der Waals surface area contributed by atoms with E-state index in [-0.39, 0.29) is 0 Å². The van der Waals surface area contributed by atoms with Crippen LogP contribution in [-0.2, 0) is 0 Å². The van der Waals surface area contributed by atoms with Gasteiger partial charge in [0, 0.05) is 48.0 Å². The van der Waals surface area contributed by atoms with Crippen LogP contribution in [0.1, 0.15) is 24.6 Å². The number of benzene rings is 1. The maximum Gasteiger partial charge on any atom is 0.227 e. The number of H-pyrrole nitrogens is 1. The molecule has 0 saturated carbocycles. The molecule has 2 aromatic heterocycles. The SMILES string of the molecule is Cc1nc(N2CCNC(C)CC2)nc(Nc2ccc3[nH]ncc3c2)c1C. The lowest BCUT2D eigenvalue weighted by atomic mass is 10.2. The van der Waals surface area contributed by atoms with Gasteiger partial charge < -0.3 is 15.5 Å². The molecular weight excluding hydrogens is 326 g/mol. The first-order chi connectivity index (χ1) is 12.6. The summed E-state index contributed by atoms with van der Waals surface area (Å²) in [6, 6.07) is 6.67. The Hall–Kier alpha value is -2.67. The number of fused-ring (bicyclic) bond motifs is 1. The molecule has 1 aliphatic rings. The number of aromatic nitrogens is 4. The summed E-state index contributed by atoms with van der Waals surface area (Å²) in [7, 11) is 0. The van der Waals surface area contributed by atoms with Gasteiger partial charge in [0.15, 0.2) is 0 Å². The second-order valence-electron chi connectivity index (χ2n) is 7.01. The molecule has 26 heavy (non-hydrogen) atoms. The Morgan fingerprint density at radius 1 is 1.19 bits per heavy atom. The first-order valence-electron chi connectivity index (χ1n) is 9.14. The second-order valence-corrected chi connectivity index (χ2v) is 7.01. The third-order valence-corrected chi connectivity index (χ3v) is 5.07.